The Morgan fingerprint density at radius 3 is 2.49 bits per heavy atom. The summed E-state index contributed by atoms with van der Waals surface area (Å²) in [6.07, 6.45) is 6.88. The zero-order chi connectivity index (χ0) is 30.5. The van der Waals surface area contributed by atoms with Crippen LogP contribution in [0.3, 0.4) is 0 Å². The Morgan fingerprint density at radius 2 is 1.72 bits per heavy atom. The molecule has 226 valence electrons. The SMILES string of the molecule is COC(=O)C1=C(C)NC(C)=C(C(=O)OCCCCCNc2c3c(nc4cc(Cl)ccc24)CCCC3)C1c1ccccc1Cl. The number of rotatable bonds is 10. The van der Waals surface area contributed by atoms with Crippen molar-refractivity contribution < 1.29 is 19.1 Å². The van der Waals surface area contributed by atoms with Gasteiger partial charge in [0.15, 0.2) is 0 Å². The van der Waals surface area contributed by atoms with E-state index in [-0.39, 0.29) is 6.61 Å². The number of halogens is 2. The number of carbonyl (C=O) groups excluding carboxylic acids is 2. The van der Waals surface area contributed by atoms with E-state index in [2.05, 4.69) is 16.7 Å². The van der Waals surface area contributed by atoms with E-state index in [9.17, 15) is 9.59 Å². The van der Waals surface area contributed by atoms with Crippen molar-refractivity contribution in [2.24, 2.45) is 0 Å². The molecular weight excluding hydrogens is 585 g/mol. The number of aromatic nitrogens is 1. The third-order valence-electron chi connectivity index (χ3n) is 8.18. The summed E-state index contributed by atoms with van der Waals surface area (Å²) in [7, 11) is 1.33. The highest BCUT2D eigenvalue weighted by molar-refractivity contribution is 6.32. The lowest BCUT2D eigenvalue weighted by molar-refractivity contribution is -0.139. The molecule has 0 bridgehead atoms. The molecule has 1 unspecified atom stereocenters. The van der Waals surface area contributed by atoms with Crippen LogP contribution in [-0.2, 0) is 31.9 Å². The normalized spacial score (nSPS) is 16.5. The molecule has 0 fully saturated rings. The number of allylic oxidation sites excluding steroid dienone is 2. The number of carbonyl (C=O) groups is 2. The number of dihydropyridines is 1. The minimum absolute atomic E-state index is 0.271. The molecule has 1 aliphatic carbocycles. The number of unbranched alkanes of at least 4 members (excludes halogenated alkanes) is 2. The maximum atomic E-state index is 13.5. The number of anilines is 1. The van der Waals surface area contributed by atoms with Crippen molar-refractivity contribution in [1.82, 2.24) is 10.3 Å². The first-order valence-electron chi connectivity index (χ1n) is 14.8. The number of hydrogen-bond acceptors (Lipinski definition) is 7. The van der Waals surface area contributed by atoms with Gasteiger partial charge in [-0.05, 0) is 94.2 Å². The highest BCUT2D eigenvalue weighted by atomic mass is 35.5. The molecule has 43 heavy (non-hydrogen) atoms. The van der Waals surface area contributed by atoms with Crippen molar-refractivity contribution in [3.63, 3.8) is 0 Å². The molecule has 1 aromatic heterocycles. The quantitative estimate of drug-likeness (QED) is 0.177. The van der Waals surface area contributed by atoms with Gasteiger partial charge in [-0.15, -0.1) is 0 Å². The molecule has 0 radical (unpaired) electrons. The molecule has 0 amide bonds. The summed E-state index contributed by atoms with van der Waals surface area (Å²) in [6, 6.07) is 13.1. The lowest BCUT2D eigenvalue weighted by Crippen LogP contribution is -2.32. The Bertz CT molecular complexity index is 1610. The van der Waals surface area contributed by atoms with Crippen molar-refractivity contribution in [2.75, 3.05) is 25.6 Å². The van der Waals surface area contributed by atoms with Crippen LogP contribution in [0.15, 0.2) is 65.0 Å². The highest BCUT2D eigenvalue weighted by Gasteiger charge is 2.38. The Labute approximate surface area is 262 Å². The van der Waals surface area contributed by atoms with Crippen molar-refractivity contribution in [2.45, 2.75) is 64.7 Å². The minimum atomic E-state index is -0.699. The third kappa shape index (κ3) is 6.68. The molecule has 1 atom stereocenters. The molecule has 9 heteroatoms. The topological polar surface area (TPSA) is 89.5 Å². The van der Waals surface area contributed by atoms with E-state index in [1.807, 2.05) is 30.3 Å². The summed E-state index contributed by atoms with van der Waals surface area (Å²) in [6.45, 7) is 4.67. The minimum Gasteiger partial charge on any atom is -0.466 e. The first kappa shape index (κ1) is 30.9. The fourth-order valence-electron chi connectivity index (χ4n) is 6.13. The van der Waals surface area contributed by atoms with E-state index < -0.39 is 17.9 Å². The van der Waals surface area contributed by atoms with Crippen LogP contribution in [0, 0.1) is 0 Å². The summed E-state index contributed by atoms with van der Waals surface area (Å²) in [5.74, 6) is -1.70. The molecule has 5 rings (SSSR count). The first-order chi connectivity index (χ1) is 20.8. The predicted molar refractivity (Wildman–Crippen MR) is 171 cm³/mol. The number of fused-ring (bicyclic) bond motifs is 2. The Hall–Kier alpha value is -3.55. The number of pyridine rings is 1. The van der Waals surface area contributed by atoms with Gasteiger partial charge < -0.3 is 20.1 Å². The van der Waals surface area contributed by atoms with Crippen LogP contribution < -0.4 is 10.6 Å². The zero-order valence-corrected chi connectivity index (χ0v) is 26.3. The maximum Gasteiger partial charge on any atom is 0.336 e. The number of methoxy groups -OCH3 is 1. The first-order valence-corrected chi connectivity index (χ1v) is 15.6. The number of esters is 2. The summed E-state index contributed by atoms with van der Waals surface area (Å²) in [5, 5.41) is 9.09. The van der Waals surface area contributed by atoms with Crippen LogP contribution in [0.4, 0.5) is 5.69 Å². The maximum absolute atomic E-state index is 13.5. The van der Waals surface area contributed by atoms with E-state index in [0.717, 1.165) is 49.6 Å². The average Bonchev–Trinajstić information content (AvgIpc) is 2.99. The lowest BCUT2D eigenvalue weighted by Gasteiger charge is -2.30. The molecule has 2 heterocycles. The second-order valence-electron chi connectivity index (χ2n) is 11.1. The molecular formula is C34H37Cl2N3O4. The molecule has 2 N–H and O–H groups in total. The summed E-state index contributed by atoms with van der Waals surface area (Å²) < 4.78 is 10.8. The summed E-state index contributed by atoms with van der Waals surface area (Å²) in [4.78, 5) is 31.2. The van der Waals surface area contributed by atoms with Gasteiger partial charge in [-0.2, -0.15) is 0 Å². The van der Waals surface area contributed by atoms with E-state index in [4.69, 9.17) is 37.7 Å². The van der Waals surface area contributed by atoms with Crippen molar-refractivity contribution in [3.05, 3.63) is 91.9 Å². The summed E-state index contributed by atoms with van der Waals surface area (Å²) >= 11 is 12.8. The van der Waals surface area contributed by atoms with Gasteiger partial charge in [-0.1, -0.05) is 41.4 Å². The van der Waals surface area contributed by atoms with Crippen LogP contribution in [0.5, 0.6) is 0 Å². The van der Waals surface area contributed by atoms with Crippen molar-refractivity contribution >= 4 is 51.7 Å². The Balaban J connectivity index is 1.20. The van der Waals surface area contributed by atoms with Gasteiger partial charge in [-0.3, -0.25) is 4.98 Å². The fourth-order valence-corrected chi connectivity index (χ4v) is 6.54. The van der Waals surface area contributed by atoms with Crippen LogP contribution in [0.1, 0.15) is 68.7 Å². The van der Waals surface area contributed by atoms with Gasteiger partial charge in [0, 0.05) is 44.8 Å². The third-order valence-corrected chi connectivity index (χ3v) is 8.76. The fraction of sp³-hybridized carbons (Fsp3) is 0.382. The highest BCUT2D eigenvalue weighted by Crippen LogP contribution is 2.42. The number of nitrogens with one attached hydrogen (secondary N) is 2. The largest absolute Gasteiger partial charge is 0.466 e. The standard InChI is InChI=1S/C34H37Cl2N3O4/c1-20-29(33(40)42-3)31(23-11-5-7-13-26(23)36)30(21(2)38-20)34(41)43-18-10-4-9-17-37-32-24-12-6-8-14-27(24)39-28-19-22(35)15-16-25(28)32/h5,7,11,13,15-16,19,31,38H,4,6,8-10,12,14,17-18H2,1-3H3,(H,37,39). The summed E-state index contributed by atoms with van der Waals surface area (Å²) in [5.41, 5.74) is 7.18. The number of nitrogens with zero attached hydrogens (tertiary/aromatic N) is 1. The Morgan fingerprint density at radius 1 is 0.977 bits per heavy atom. The molecule has 7 nitrogen and oxygen atoms in total. The van der Waals surface area contributed by atoms with E-state index in [1.165, 1.54) is 30.5 Å². The molecule has 2 aliphatic rings. The van der Waals surface area contributed by atoms with Crippen LogP contribution in [-0.4, -0.2) is 37.2 Å². The molecule has 1 aliphatic heterocycles. The monoisotopic (exact) mass is 621 g/mol. The van der Waals surface area contributed by atoms with Gasteiger partial charge >= 0.3 is 11.9 Å². The molecule has 2 aromatic carbocycles. The number of benzene rings is 2. The second kappa shape index (κ2) is 13.8. The lowest BCUT2D eigenvalue weighted by atomic mass is 9.80. The van der Waals surface area contributed by atoms with Crippen molar-refractivity contribution in [3.8, 4) is 0 Å². The van der Waals surface area contributed by atoms with Gasteiger partial charge in [0.2, 0.25) is 0 Å². The molecule has 0 spiro atoms. The van der Waals surface area contributed by atoms with Gasteiger partial charge in [-0.25, -0.2) is 9.59 Å². The van der Waals surface area contributed by atoms with E-state index in [1.54, 1.807) is 19.9 Å². The molecule has 0 saturated carbocycles. The van der Waals surface area contributed by atoms with Crippen LogP contribution in [0.25, 0.3) is 10.9 Å². The second-order valence-corrected chi connectivity index (χ2v) is 11.9. The van der Waals surface area contributed by atoms with Crippen molar-refractivity contribution in [1.29, 1.82) is 0 Å². The Kier molecular flexibility index (Phi) is 9.93. The van der Waals surface area contributed by atoms with Gasteiger partial charge in [0.1, 0.15) is 0 Å². The van der Waals surface area contributed by atoms with E-state index in [0.29, 0.717) is 44.6 Å². The smallest absolute Gasteiger partial charge is 0.336 e. The number of ether oxygens (including phenoxy) is 2. The zero-order valence-electron chi connectivity index (χ0n) is 24.8. The molecule has 3 aromatic rings. The van der Waals surface area contributed by atoms with Crippen LogP contribution in [0.2, 0.25) is 10.0 Å². The van der Waals surface area contributed by atoms with E-state index >= 15 is 0 Å². The van der Waals surface area contributed by atoms with Gasteiger partial charge in [0.05, 0.1) is 36.3 Å². The van der Waals surface area contributed by atoms with Gasteiger partial charge in [0.25, 0.3) is 0 Å². The van der Waals surface area contributed by atoms with Crippen LogP contribution >= 0.6 is 23.2 Å². The average molecular weight is 623 g/mol. The number of aryl methyl sites for hydroxylation is 1. The number of hydrogen-bond donors (Lipinski definition) is 2. The molecule has 0 saturated heterocycles. The predicted octanol–water partition coefficient (Wildman–Crippen LogP) is 7.65.